The summed E-state index contributed by atoms with van der Waals surface area (Å²) in [5.41, 5.74) is 1.58. The minimum atomic E-state index is -0.506. The highest BCUT2D eigenvalue weighted by molar-refractivity contribution is 7.13. The van der Waals surface area contributed by atoms with Crippen LogP contribution < -0.4 is 14.2 Å². The predicted octanol–water partition coefficient (Wildman–Crippen LogP) is 4.68. The van der Waals surface area contributed by atoms with Gasteiger partial charge in [-0.1, -0.05) is 11.6 Å². The van der Waals surface area contributed by atoms with Crippen LogP contribution in [0.3, 0.4) is 0 Å². The van der Waals surface area contributed by atoms with E-state index in [2.05, 4.69) is 4.98 Å². The van der Waals surface area contributed by atoms with Crippen LogP contribution in [0.15, 0.2) is 41.8 Å². The fourth-order valence-electron chi connectivity index (χ4n) is 2.41. The highest BCUT2D eigenvalue weighted by Crippen LogP contribution is 2.37. The Morgan fingerprint density at radius 2 is 2.08 bits per heavy atom. The van der Waals surface area contributed by atoms with E-state index in [4.69, 9.17) is 25.8 Å². The average molecular weight is 391 g/mol. The maximum Gasteiger partial charge on any atom is 0.271 e. The second kappa shape index (κ2) is 6.81. The lowest BCUT2D eigenvalue weighted by molar-refractivity contribution is -0.384. The second-order valence-corrected chi connectivity index (χ2v) is 6.64. The number of hydrogen-bond acceptors (Lipinski definition) is 7. The highest BCUT2D eigenvalue weighted by atomic mass is 35.5. The number of thiazole rings is 1. The topological polar surface area (TPSA) is 83.7 Å². The van der Waals surface area contributed by atoms with Crippen LogP contribution in [0, 0.1) is 10.1 Å². The smallest absolute Gasteiger partial charge is 0.271 e. The van der Waals surface area contributed by atoms with Gasteiger partial charge in [-0.3, -0.25) is 10.1 Å². The first-order chi connectivity index (χ1) is 12.6. The second-order valence-electron chi connectivity index (χ2n) is 5.37. The molecular weight excluding hydrogens is 380 g/mol. The summed E-state index contributed by atoms with van der Waals surface area (Å²) >= 11 is 7.51. The van der Waals surface area contributed by atoms with Gasteiger partial charge in [0.2, 0.25) is 6.79 Å². The molecular formula is C17H11ClN2O5S. The number of nitrogens with zero attached hydrogens (tertiary/aromatic N) is 2. The normalized spacial score (nSPS) is 12.2. The number of hydrogen-bond donors (Lipinski definition) is 0. The molecule has 0 aliphatic carbocycles. The van der Waals surface area contributed by atoms with Crippen molar-refractivity contribution in [3.05, 3.63) is 62.6 Å². The van der Waals surface area contributed by atoms with Crippen molar-refractivity contribution < 1.29 is 19.1 Å². The Balaban J connectivity index is 1.46. The molecule has 9 heteroatoms. The third-order valence-electron chi connectivity index (χ3n) is 3.67. The van der Waals surface area contributed by atoms with Crippen LogP contribution in [0.25, 0.3) is 10.6 Å². The fraction of sp³-hybridized carbons (Fsp3) is 0.118. The van der Waals surface area contributed by atoms with Gasteiger partial charge < -0.3 is 14.2 Å². The van der Waals surface area contributed by atoms with Crippen LogP contribution in [0.4, 0.5) is 5.69 Å². The van der Waals surface area contributed by atoms with Crippen molar-refractivity contribution in [2.24, 2.45) is 0 Å². The van der Waals surface area contributed by atoms with Gasteiger partial charge in [0.05, 0.1) is 15.6 Å². The monoisotopic (exact) mass is 390 g/mol. The molecule has 0 amide bonds. The standard InChI is InChI=1S/C17H11ClN2O5S/c18-13-6-12(20(21)22)2-4-14(13)23-7-11-8-26-17(19-11)10-1-3-15-16(5-10)25-9-24-15/h1-6,8H,7,9H2. The molecule has 1 aliphatic rings. The molecule has 26 heavy (non-hydrogen) atoms. The van der Waals surface area contributed by atoms with Gasteiger partial charge in [0, 0.05) is 23.1 Å². The first-order valence-corrected chi connectivity index (χ1v) is 8.77. The fourth-order valence-corrected chi connectivity index (χ4v) is 3.44. The quantitative estimate of drug-likeness (QED) is 0.464. The predicted molar refractivity (Wildman–Crippen MR) is 96.1 cm³/mol. The van der Waals surface area contributed by atoms with Gasteiger partial charge in [0.1, 0.15) is 17.4 Å². The number of halogens is 1. The molecule has 0 saturated carbocycles. The van der Waals surface area contributed by atoms with Crippen molar-refractivity contribution in [3.63, 3.8) is 0 Å². The van der Waals surface area contributed by atoms with Crippen molar-refractivity contribution in [2.45, 2.75) is 6.61 Å². The van der Waals surface area contributed by atoms with Gasteiger partial charge in [0.15, 0.2) is 11.5 Å². The van der Waals surface area contributed by atoms with E-state index >= 15 is 0 Å². The molecule has 0 bridgehead atoms. The van der Waals surface area contributed by atoms with Gasteiger partial charge in [-0.15, -0.1) is 11.3 Å². The number of fused-ring (bicyclic) bond motifs is 1. The third kappa shape index (κ3) is 3.29. The molecule has 0 atom stereocenters. The Kier molecular flexibility index (Phi) is 4.36. The van der Waals surface area contributed by atoms with E-state index < -0.39 is 4.92 Å². The van der Waals surface area contributed by atoms with Crippen molar-refractivity contribution in [1.29, 1.82) is 0 Å². The Morgan fingerprint density at radius 3 is 2.88 bits per heavy atom. The molecule has 2 aromatic carbocycles. The summed E-state index contributed by atoms with van der Waals surface area (Å²) in [5, 5.41) is 13.6. The summed E-state index contributed by atoms with van der Waals surface area (Å²) in [6, 6.07) is 9.75. The van der Waals surface area contributed by atoms with E-state index in [1.54, 1.807) is 0 Å². The minimum Gasteiger partial charge on any atom is -0.486 e. The summed E-state index contributed by atoms with van der Waals surface area (Å²) in [6.45, 7) is 0.435. The molecule has 7 nitrogen and oxygen atoms in total. The SMILES string of the molecule is O=[N+]([O-])c1ccc(OCc2csc(-c3ccc4c(c3)OCO4)n2)c(Cl)c1. The van der Waals surface area contributed by atoms with Gasteiger partial charge in [-0.05, 0) is 24.3 Å². The summed E-state index contributed by atoms with van der Waals surface area (Å²) in [7, 11) is 0. The van der Waals surface area contributed by atoms with Gasteiger partial charge in [0.25, 0.3) is 5.69 Å². The zero-order valence-corrected chi connectivity index (χ0v) is 14.7. The minimum absolute atomic E-state index is 0.0823. The molecule has 4 rings (SSSR count). The van der Waals surface area contributed by atoms with Crippen molar-refractivity contribution in [3.8, 4) is 27.8 Å². The largest absolute Gasteiger partial charge is 0.486 e. The summed E-state index contributed by atoms with van der Waals surface area (Å²) in [6.07, 6.45) is 0. The zero-order chi connectivity index (χ0) is 18.1. The first kappa shape index (κ1) is 16.6. The maximum atomic E-state index is 10.7. The van der Waals surface area contributed by atoms with Gasteiger partial charge >= 0.3 is 0 Å². The zero-order valence-electron chi connectivity index (χ0n) is 13.2. The number of nitro groups is 1. The van der Waals surface area contributed by atoms with Crippen LogP contribution in [0.5, 0.6) is 17.2 Å². The lowest BCUT2D eigenvalue weighted by atomic mass is 10.2. The molecule has 0 radical (unpaired) electrons. The number of non-ortho nitro benzene ring substituents is 1. The van der Waals surface area contributed by atoms with Crippen molar-refractivity contribution >= 4 is 28.6 Å². The Hall–Kier alpha value is -2.84. The number of aromatic nitrogens is 1. The molecule has 0 unspecified atom stereocenters. The summed E-state index contributed by atoms with van der Waals surface area (Å²) < 4.78 is 16.3. The lowest BCUT2D eigenvalue weighted by Crippen LogP contribution is -1.97. The van der Waals surface area contributed by atoms with E-state index in [1.807, 2.05) is 23.6 Å². The molecule has 0 fully saturated rings. The van der Waals surface area contributed by atoms with E-state index in [0.29, 0.717) is 11.5 Å². The molecule has 0 spiro atoms. The van der Waals surface area contributed by atoms with Gasteiger partial charge in [-0.25, -0.2) is 4.98 Å². The first-order valence-electron chi connectivity index (χ1n) is 7.51. The van der Waals surface area contributed by atoms with E-state index in [-0.39, 0.29) is 24.1 Å². The summed E-state index contributed by atoms with van der Waals surface area (Å²) in [4.78, 5) is 14.8. The summed E-state index contributed by atoms with van der Waals surface area (Å²) in [5.74, 6) is 1.80. The molecule has 132 valence electrons. The van der Waals surface area contributed by atoms with Crippen LogP contribution in [0.1, 0.15) is 5.69 Å². The molecule has 3 aromatic rings. The molecule has 0 N–H and O–H groups in total. The molecule has 1 aliphatic heterocycles. The Morgan fingerprint density at radius 1 is 1.23 bits per heavy atom. The molecule has 0 saturated heterocycles. The number of nitro benzene ring substituents is 1. The Bertz CT molecular complexity index is 991. The van der Waals surface area contributed by atoms with Crippen molar-refractivity contribution in [2.75, 3.05) is 6.79 Å². The average Bonchev–Trinajstić information content (AvgIpc) is 3.29. The number of ether oxygens (including phenoxy) is 3. The van der Waals surface area contributed by atoms with Crippen LogP contribution in [0.2, 0.25) is 5.02 Å². The van der Waals surface area contributed by atoms with Crippen LogP contribution in [-0.4, -0.2) is 16.7 Å². The maximum absolute atomic E-state index is 10.7. The molecule has 2 heterocycles. The number of rotatable bonds is 5. The third-order valence-corrected chi connectivity index (χ3v) is 4.91. The van der Waals surface area contributed by atoms with E-state index in [1.165, 1.54) is 29.5 Å². The highest BCUT2D eigenvalue weighted by Gasteiger charge is 2.16. The van der Waals surface area contributed by atoms with E-state index in [0.717, 1.165) is 22.0 Å². The van der Waals surface area contributed by atoms with Crippen molar-refractivity contribution in [1.82, 2.24) is 4.98 Å². The van der Waals surface area contributed by atoms with Crippen LogP contribution >= 0.6 is 22.9 Å². The molecule has 1 aromatic heterocycles. The van der Waals surface area contributed by atoms with E-state index in [9.17, 15) is 10.1 Å². The van der Waals surface area contributed by atoms with Crippen LogP contribution in [-0.2, 0) is 6.61 Å². The Labute approximate surface area is 156 Å². The number of benzene rings is 2. The van der Waals surface area contributed by atoms with Gasteiger partial charge in [-0.2, -0.15) is 0 Å². The lowest BCUT2D eigenvalue weighted by Gasteiger charge is -2.06.